The number of rotatable bonds is 2. The van der Waals surface area contributed by atoms with Crippen LogP contribution < -0.4 is 0 Å². The van der Waals surface area contributed by atoms with E-state index in [1.54, 1.807) is 16.7 Å². The molecule has 0 amide bonds. The minimum absolute atomic E-state index is 0.861. The second kappa shape index (κ2) is 5.34. The van der Waals surface area contributed by atoms with Gasteiger partial charge in [0.2, 0.25) is 0 Å². The lowest BCUT2D eigenvalue weighted by molar-refractivity contribution is 0.476. The fraction of sp³-hybridized carbons (Fsp3) is 0.500. The summed E-state index contributed by atoms with van der Waals surface area (Å²) in [5.74, 6) is 0.861. The van der Waals surface area contributed by atoms with Crippen LogP contribution in [0.5, 0.6) is 0 Å². The van der Waals surface area contributed by atoms with E-state index < -0.39 is 0 Å². The Morgan fingerprint density at radius 2 is 2.06 bits per heavy atom. The summed E-state index contributed by atoms with van der Waals surface area (Å²) >= 11 is 0. The second-order valence-corrected chi connectivity index (χ2v) is 5.07. The van der Waals surface area contributed by atoms with E-state index in [2.05, 4.69) is 44.2 Å². The van der Waals surface area contributed by atoms with Crippen LogP contribution in [0.25, 0.3) is 0 Å². The van der Waals surface area contributed by atoms with Crippen LogP contribution in [0.1, 0.15) is 44.2 Å². The first-order valence-electron chi connectivity index (χ1n) is 6.48. The Labute approximate surface area is 99.4 Å². The molecule has 86 valence electrons. The molecule has 1 aliphatic carbocycles. The van der Waals surface area contributed by atoms with E-state index in [4.69, 9.17) is 0 Å². The fourth-order valence-electron chi connectivity index (χ4n) is 2.74. The minimum Gasteiger partial charge on any atom is -0.0887 e. The van der Waals surface area contributed by atoms with Crippen molar-refractivity contribution in [1.82, 2.24) is 0 Å². The third-order valence-corrected chi connectivity index (χ3v) is 3.79. The summed E-state index contributed by atoms with van der Waals surface area (Å²) in [5, 5.41) is 0. The Morgan fingerprint density at radius 3 is 2.81 bits per heavy atom. The summed E-state index contributed by atoms with van der Waals surface area (Å²) in [5.41, 5.74) is 4.72. The maximum Gasteiger partial charge on any atom is -0.0245 e. The van der Waals surface area contributed by atoms with Gasteiger partial charge in [0.1, 0.15) is 0 Å². The fourth-order valence-corrected chi connectivity index (χ4v) is 2.74. The zero-order valence-electron chi connectivity index (χ0n) is 10.5. The molecule has 16 heavy (non-hydrogen) atoms. The average Bonchev–Trinajstić information content (AvgIpc) is 2.50. The number of hydrogen-bond donors (Lipinski definition) is 0. The van der Waals surface area contributed by atoms with Crippen LogP contribution in [-0.4, -0.2) is 0 Å². The van der Waals surface area contributed by atoms with Crippen molar-refractivity contribution in [3.63, 3.8) is 0 Å². The maximum atomic E-state index is 2.32. The first-order valence-corrected chi connectivity index (χ1v) is 6.48. The highest BCUT2D eigenvalue weighted by Crippen LogP contribution is 2.28. The molecule has 0 saturated carbocycles. The molecular formula is C16H22. The Kier molecular flexibility index (Phi) is 3.82. The Hall–Kier alpha value is -1.04. The van der Waals surface area contributed by atoms with Crippen LogP contribution in [0.2, 0.25) is 0 Å². The van der Waals surface area contributed by atoms with Crippen LogP contribution in [0.4, 0.5) is 0 Å². The predicted octanol–water partition coefficient (Wildman–Crippen LogP) is 4.54. The van der Waals surface area contributed by atoms with Crippen molar-refractivity contribution >= 4 is 0 Å². The Bertz CT molecular complexity index is 373. The SMILES string of the molecule is CC=C(C)CC1CCCc2ccccc2C1. The normalized spacial score (nSPS) is 21.4. The molecule has 1 aromatic carbocycles. The molecule has 0 aromatic heterocycles. The molecule has 0 aliphatic heterocycles. The van der Waals surface area contributed by atoms with E-state index in [0.717, 1.165) is 5.92 Å². The number of aryl methyl sites for hydroxylation is 1. The van der Waals surface area contributed by atoms with Gasteiger partial charge in [0.25, 0.3) is 0 Å². The van der Waals surface area contributed by atoms with Gasteiger partial charge in [-0.2, -0.15) is 0 Å². The number of fused-ring (bicyclic) bond motifs is 1. The van der Waals surface area contributed by atoms with Gasteiger partial charge < -0.3 is 0 Å². The lowest BCUT2D eigenvalue weighted by Crippen LogP contribution is -2.03. The molecule has 0 saturated heterocycles. The first kappa shape index (κ1) is 11.4. The first-order chi connectivity index (χ1) is 7.79. The monoisotopic (exact) mass is 214 g/mol. The van der Waals surface area contributed by atoms with E-state index in [9.17, 15) is 0 Å². The zero-order valence-corrected chi connectivity index (χ0v) is 10.5. The third-order valence-electron chi connectivity index (χ3n) is 3.79. The van der Waals surface area contributed by atoms with Gasteiger partial charge in [0, 0.05) is 0 Å². The lowest BCUT2D eigenvalue weighted by atomic mass is 9.91. The average molecular weight is 214 g/mol. The van der Waals surface area contributed by atoms with Crippen LogP contribution in [-0.2, 0) is 12.8 Å². The molecular weight excluding hydrogens is 192 g/mol. The van der Waals surface area contributed by atoms with Crippen molar-refractivity contribution in [3.05, 3.63) is 47.0 Å². The molecule has 0 fully saturated rings. The smallest absolute Gasteiger partial charge is 0.0245 e. The highest BCUT2D eigenvalue weighted by molar-refractivity contribution is 5.28. The second-order valence-electron chi connectivity index (χ2n) is 5.07. The van der Waals surface area contributed by atoms with Crippen LogP contribution >= 0.6 is 0 Å². The van der Waals surface area contributed by atoms with Gasteiger partial charge in [-0.1, -0.05) is 35.9 Å². The van der Waals surface area contributed by atoms with Crippen molar-refractivity contribution < 1.29 is 0 Å². The van der Waals surface area contributed by atoms with Crippen molar-refractivity contribution in [3.8, 4) is 0 Å². The van der Waals surface area contributed by atoms with Crippen molar-refractivity contribution in [2.75, 3.05) is 0 Å². The molecule has 0 radical (unpaired) electrons. The lowest BCUT2D eigenvalue weighted by Gasteiger charge is -2.14. The van der Waals surface area contributed by atoms with Crippen molar-refractivity contribution in [2.24, 2.45) is 5.92 Å². The summed E-state index contributed by atoms with van der Waals surface area (Å²) in [7, 11) is 0. The standard InChI is InChI=1S/C16H22/c1-3-13(2)11-14-7-6-10-15-8-4-5-9-16(15)12-14/h3-5,8-9,14H,6-7,10-12H2,1-2H3. The molecule has 1 unspecified atom stereocenters. The number of benzene rings is 1. The molecule has 0 spiro atoms. The molecule has 1 aliphatic rings. The van der Waals surface area contributed by atoms with Gasteiger partial charge in [-0.05, 0) is 63.0 Å². The van der Waals surface area contributed by atoms with Crippen LogP contribution in [0.15, 0.2) is 35.9 Å². The number of allylic oxidation sites excluding steroid dienone is 2. The summed E-state index contributed by atoms with van der Waals surface area (Å²) in [6.07, 6.45) is 8.85. The van der Waals surface area contributed by atoms with E-state index in [-0.39, 0.29) is 0 Å². The zero-order chi connectivity index (χ0) is 11.4. The molecule has 0 heterocycles. The summed E-state index contributed by atoms with van der Waals surface area (Å²) in [6, 6.07) is 8.99. The Morgan fingerprint density at radius 1 is 1.31 bits per heavy atom. The summed E-state index contributed by atoms with van der Waals surface area (Å²) < 4.78 is 0. The quantitative estimate of drug-likeness (QED) is 0.501. The van der Waals surface area contributed by atoms with E-state index >= 15 is 0 Å². The van der Waals surface area contributed by atoms with Crippen LogP contribution in [0.3, 0.4) is 0 Å². The molecule has 0 bridgehead atoms. The van der Waals surface area contributed by atoms with E-state index in [0.29, 0.717) is 0 Å². The van der Waals surface area contributed by atoms with Gasteiger partial charge in [0.15, 0.2) is 0 Å². The minimum atomic E-state index is 0.861. The molecule has 1 atom stereocenters. The largest absolute Gasteiger partial charge is 0.0887 e. The summed E-state index contributed by atoms with van der Waals surface area (Å²) in [4.78, 5) is 0. The summed E-state index contributed by atoms with van der Waals surface area (Å²) in [6.45, 7) is 4.41. The van der Waals surface area contributed by atoms with Crippen molar-refractivity contribution in [1.29, 1.82) is 0 Å². The van der Waals surface area contributed by atoms with E-state index in [1.807, 2.05) is 0 Å². The molecule has 1 aromatic rings. The molecule has 0 N–H and O–H groups in total. The Balaban J connectivity index is 2.10. The molecule has 2 rings (SSSR count). The molecule has 0 nitrogen and oxygen atoms in total. The van der Waals surface area contributed by atoms with E-state index in [1.165, 1.54) is 32.1 Å². The molecule has 0 heteroatoms. The number of hydrogen-bond acceptors (Lipinski definition) is 0. The van der Waals surface area contributed by atoms with Gasteiger partial charge in [-0.3, -0.25) is 0 Å². The third kappa shape index (κ3) is 2.75. The maximum absolute atomic E-state index is 2.32. The van der Waals surface area contributed by atoms with Gasteiger partial charge in [-0.25, -0.2) is 0 Å². The van der Waals surface area contributed by atoms with Crippen LogP contribution in [0, 0.1) is 5.92 Å². The van der Waals surface area contributed by atoms with Gasteiger partial charge in [0.05, 0.1) is 0 Å². The highest BCUT2D eigenvalue weighted by atomic mass is 14.2. The van der Waals surface area contributed by atoms with Gasteiger partial charge >= 0.3 is 0 Å². The predicted molar refractivity (Wildman–Crippen MR) is 70.6 cm³/mol. The topological polar surface area (TPSA) is 0 Å². The van der Waals surface area contributed by atoms with Crippen molar-refractivity contribution in [2.45, 2.75) is 46.0 Å². The van der Waals surface area contributed by atoms with Gasteiger partial charge in [-0.15, -0.1) is 0 Å². The highest BCUT2D eigenvalue weighted by Gasteiger charge is 2.16.